The Morgan fingerprint density at radius 1 is 0.861 bits per heavy atom. The van der Waals surface area contributed by atoms with Gasteiger partial charge < -0.3 is 44.0 Å². The summed E-state index contributed by atoms with van der Waals surface area (Å²) in [6.45, 7) is 7.25. The van der Waals surface area contributed by atoms with E-state index < -0.39 is 53.8 Å². The Labute approximate surface area is 211 Å². The first-order chi connectivity index (χ1) is 16.7. The van der Waals surface area contributed by atoms with Crippen LogP contribution >= 0.6 is 0 Å². The van der Waals surface area contributed by atoms with Gasteiger partial charge in [0, 0.05) is 13.0 Å². The average molecular weight is 515 g/mol. The third kappa shape index (κ3) is 12.3. The van der Waals surface area contributed by atoms with Gasteiger partial charge in [-0.15, -0.1) is 0 Å². The number of hydrogen-bond donors (Lipinski definition) is 8. The molecule has 5 atom stereocenters. The Hall–Kier alpha value is -3.42. The summed E-state index contributed by atoms with van der Waals surface area (Å²) in [4.78, 5) is 65.1. The zero-order chi connectivity index (χ0) is 28.0. The van der Waals surface area contributed by atoms with E-state index in [1.54, 1.807) is 27.7 Å². The highest BCUT2D eigenvalue weighted by molar-refractivity contribution is 5.94. The maximum absolute atomic E-state index is 13.2. The van der Waals surface area contributed by atoms with Gasteiger partial charge in [-0.25, -0.2) is 4.79 Å². The van der Waals surface area contributed by atoms with Crippen molar-refractivity contribution >= 4 is 35.6 Å². The fourth-order valence-corrected chi connectivity index (χ4v) is 3.10. The minimum atomic E-state index is -1.37. The lowest BCUT2D eigenvalue weighted by Gasteiger charge is -2.28. The quantitative estimate of drug-likeness (QED) is 0.0598. The molecule has 0 fully saturated rings. The molecule has 0 aliphatic heterocycles. The predicted molar refractivity (Wildman–Crippen MR) is 134 cm³/mol. The third-order valence-corrected chi connectivity index (χ3v) is 5.69. The molecular weight excluding hydrogens is 472 g/mol. The Morgan fingerprint density at radius 3 is 1.92 bits per heavy atom. The van der Waals surface area contributed by atoms with Crippen LogP contribution in [0.5, 0.6) is 0 Å². The molecule has 0 aromatic rings. The van der Waals surface area contributed by atoms with Crippen LogP contribution in [0.4, 0.5) is 0 Å². The maximum Gasteiger partial charge on any atom is 0.326 e. The molecule has 0 saturated heterocycles. The lowest BCUT2D eigenvalue weighted by molar-refractivity contribution is -0.143. The molecule has 0 aromatic heterocycles. The van der Waals surface area contributed by atoms with Crippen molar-refractivity contribution in [1.82, 2.24) is 16.0 Å². The molecule has 14 heteroatoms. The summed E-state index contributed by atoms with van der Waals surface area (Å²) in [6.07, 6.45) is 0.550. The maximum atomic E-state index is 13.2. The van der Waals surface area contributed by atoms with Gasteiger partial charge in [0.05, 0.1) is 6.04 Å². The summed E-state index contributed by atoms with van der Waals surface area (Å²) in [5, 5.41) is 17.0. The van der Waals surface area contributed by atoms with Crippen molar-refractivity contribution in [3.8, 4) is 0 Å². The van der Waals surface area contributed by atoms with Gasteiger partial charge in [-0.3, -0.25) is 24.2 Å². The number of guanidine groups is 1. The van der Waals surface area contributed by atoms with E-state index in [-0.39, 0.29) is 43.6 Å². The number of hydrogen-bond acceptors (Lipinski definition) is 7. The normalized spacial score (nSPS) is 15.1. The summed E-state index contributed by atoms with van der Waals surface area (Å²) in [6, 6.07) is -4.37. The van der Waals surface area contributed by atoms with Crippen molar-refractivity contribution in [2.75, 3.05) is 6.54 Å². The van der Waals surface area contributed by atoms with Crippen LogP contribution in [-0.2, 0) is 24.0 Å². The zero-order valence-electron chi connectivity index (χ0n) is 21.5. The molecule has 0 aromatic carbocycles. The number of rotatable bonds is 17. The molecule has 4 amide bonds. The van der Waals surface area contributed by atoms with E-state index in [2.05, 4.69) is 20.9 Å². The van der Waals surface area contributed by atoms with Gasteiger partial charge in [-0.05, 0) is 31.1 Å². The number of amides is 4. The van der Waals surface area contributed by atoms with Gasteiger partial charge in [0.1, 0.15) is 18.1 Å². The van der Waals surface area contributed by atoms with E-state index >= 15 is 0 Å². The molecule has 5 unspecified atom stereocenters. The smallest absolute Gasteiger partial charge is 0.326 e. The lowest BCUT2D eigenvalue weighted by Crippen LogP contribution is -2.59. The topological polar surface area (TPSA) is 258 Å². The largest absolute Gasteiger partial charge is 0.480 e. The van der Waals surface area contributed by atoms with E-state index in [0.717, 1.165) is 0 Å². The standard InChI is InChI=1S/C22H42N8O6/c1-5-12(4)17(20(34)29-14(21(35)36)8-9-15(23)31)30-18(32)13(7-6-10-27-22(25)26)28-19(33)16(24)11(2)3/h11-14,16-17H,5-10,24H2,1-4H3,(H2,23,31)(H,28,33)(H,29,34)(H,30,32)(H,35,36)(H4,25,26,27). The van der Waals surface area contributed by atoms with Crippen LogP contribution in [0.2, 0.25) is 0 Å². The zero-order valence-corrected chi connectivity index (χ0v) is 21.5. The molecule has 0 aliphatic carbocycles. The van der Waals surface area contributed by atoms with Crippen LogP contribution in [-0.4, -0.2) is 71.4 Å². The Balaban J connectivity index is 5.66. The number of aliphatic carboxylic acids is 1. The van der Waals surface area contributed by atoms with E-state index in [9.17, 15) is 29.1 Å². The molecule has 0 heterocycles. The Kier molecular flexibility index (Phi) is 14.7. The van der Waals surface area contributed by atoms with Gasteiger partial charge in [0.25, 0.3) is 0 Å². The first-order valence-corrected chi connectivity index (χ1v) is 11.9. The third-order valence-electron chi connectivity index (χ3n) is 5.69. The first kappa shape index (κ1) is 32.6. The number of carbonyl (C=O) groups excluding carboxylic acids is 4. The molecule has 0 spiro atoms. The minimum absolute atomic E-state index is 0.111. The highest BCUT2D eigenvalue weighted by atomic mass is 16.4. The first-order valence-electron chi connectivity index (χ1n) is 11.9. The SMILES string of the molecule is CCC(C)C(NC(=O)C(CCCN=C(N)N)NC(=O)C(N)C(C)C)C(=O)NC(CCC(N)=O)C(=O)O. The molecular formula is C22H42N8O6. The van der Waals surface area contributed by atoms with Crippen LogP contribution in [0.25, 0.3) is 0 Å². The lowest BCUT2D eigenvalue weighted by atomic mass is 9.96. The van der Waals surface area contributed by atoms with Crippen LogP contribution in [0.15, 0.2) is 4.99 Å². The fraction of sp³-hybridized carbons (Fsp3) is 0.727. The number of carboxylic acid groups (broad SMARTS) is 1. The number of carbonyl (C=O) groups is 5. The second-order valence-electron chi connectivity index (χ2n) is 9.06. The van der Waals surface area contributed by atoms with E-state index in [0.29, 0.717) is 12.8 Å². The van der Waals surface area contributed by atoms with Crippen molar-refractivity contribution in [3.05, 3.63) is 0 Å². The second-order valence-corrected chi connectivity index (χ2v) is 9.06. The number of carboxylic acids is 1. The highest BCUT2D eigenvalue weighted by Gasteiger charge is 2.33. The van der Waals surface area contributed by atoms with Crippen LogP contribution in [0, 0.1) is 11.8 Å². The fourth-order valence-electron chi connectivity index (χ4n) is 3.10. The minimum Gasteiger partial charge on any atom is -0.480 e. The summed E-state index contributed by atoms with van der Waals surface area (Å²) >= 11 is 0. The Morgan fingerprint density at radius 2 is 1.44 bits per heavy atom. The molecule has 0 bridgehead atoms. The van der Waals surface area contributed by atoms with Crippen molar-refractivity contribution in [2.24, 2.45) is 39.8 Å². The van der Waals surface area contributed by atoms with Crippen molar-refractivity contribution < 1.29 is 29.1 Å². The van der Waals surface area contributed by atoms with E-state index in [1.165, 1.54) is 0 Å². The molecule has 0 aliphatic rings. The second kappa shape index (κ2) is 16.3. The molecule has 12 N–H and O–H groups in total. The number of aliphatic imine (C=N–C) groups is 1. The molecule has 206 valence electrons. The van der Waals surface area contributed by atoms with Gasteiger partial charge >= 0.3 is 5.97 Å². The molecule has 0 rings (SSSR count). The van der Waals surface area contributed by atoms with Gasteiger partial charge in [-0.1, -0.05) is 34.1 Å². The average Bonchev–Trinajstić information content (AvgIpc) is 2.79. The molecule has 0 radical (unpaired) electrons. The van der Waals surface area contributed by atoms with Gasteiger partial charge in [0.15, 0.2) is 5.96 Å². The van der Waals surface area contributed by atoms with Crippen LogP contribution in [0.3, 0.4) is 0 Å². The summed E-state index contributed by atoms with van der Waals surface area (Å²) in [5.74, 6) is -4.63. The Bertz CT molecular complexity index is 799. The van der Waals surface area contributed by atoms with Gasteiger partial charge in [-0.2, -0.15) is 0 Å². The van der Waals surface area contributed by atoms with Crippen LogP contribution in [0.1, 0.15) is 59.8 Å². The molecule has 36 heavy (non-hydrogen) atoms. The van der Waals surface area contributed by atoms with Crippen LogP contribution < -0.4 is 38.9 Å². The monoisotopic (exact) mass is 514 g/mol. The van der Waals surface area contributed by atoms with E-state index in [1.807, 2.05) is 0 Å². The summed E-state index contributed by atoms with van der Waals surface area (Å²) < 4.78 is 0. The molecule has 0 saturated carbocycles. The molecule has 14 nitrogen and oxygen atoms in total. The van der Waals surface area contributed by atoms with Crippen molar-refractivity contribution in [3.63, 3.8) is 0 Å². The number of nitrogens with two attached hydrogens (primary N) is 4. The highest BCUT2D eigenvalue weighted by Crippen LogP contribution is 2.11. The number of primary amides is 1. The number of nitrogens with one attached hydrogen (secondary N) is 3. The van der Waals surface area contributed by atoms with Gasteiger partial charge in [0.2, 0.25) is 23.6 Å². The van der Waals surface area contributed by atoms with E-state index in [4.69, 9.17) is 22.9 Å². The van der Waals surface area contributed by atoms with Crippen molar-refractivity contribution in [1.29, 1.82) is 0 Å². The van der Waals surface area contributed by atoms with Crippen molar-refractivity contribution in [2.45, 2.75) is 84.0 Å². The predicted octanol–water partition coefficient (Wildman–Crippen LogP) is -2.13. The number of nitrogens with zero attached hydrogens (tertiary/aromatic N) is 1. The summed E-state index contributed by atoms with van der Waals surface area (Å²) in [5.41, 5.74) is 21.6. The summed E-state index contributed by atoms with van der Waals surface area (Å²) in [7, 11) is 0.